The van der Waals surface area contributed by atoms with Gasteiger partial charge in [0.25, 0.3) is 5.89 Å². The number of nitriles is 1. The number of amides is 1. The standard InChI is InChI=1S/C21H19N3O2.C3H8N2O/c1-13(2)25-19-10-9-15(11-16(19)12-22)21-23-20(24-26-21)18-8-4-6-14-5-3-7-17(14)18;1-5-3(6)2-4/h4,6,8-11,13H,3,5,7H2,1-2H3;2,4H2,1H3,(H,5,6). The molecule has 8 nitrogen and oxygen atoms in total. The van der Waals surface area contributed by atoms with Crippen molar-refractivity contribution in [3.05, 3.63) is 53.1 Å². The largest absolute Gasteiger partial charge is 0.490 e. The van der Waals surface area contributed by atoms with Crippen molar-refractivity contribution in [2.24, 2.45) is 5.73 Å². The molecule has 3 N–H and O–H groups in total. The number of likely N-dealkylation sites (N-methyl/N-ethyl adjacent to an activating group) is 1. The molecule has 8 heteroatoms. The van der Waals surface area contributed by atoms with E-state index in [9.17, 15) is 10.1 Å². The number of carbonyl (C=O) groups is 1. The first-order chi connectivity index (χ1) is 15.5. The summed E-state index contributed by atoms with van der Waals surface area (Å²) < 4.78 is 11.1. The molecule has 166 valence electrons. The molecule has 3 aromatic rings. The second-order valence-electron chi connectivity index (χ2n) is 7.59. The van der Waals surface area contributed by atoms with E-state index in [2.05, 4.69) is 27.6 Å². The minimum atomic E-state index is -0.130. The topological polar surface area (TPSA) is 127 Å². The molecule has 0 aliphatic heterocycles. The second kappa shape index (κ2) is 10.6. The van der Waals surface area contributed by atoms with Gasteiger partial charge in [0, 0.05) is 18.2 Å². The number of nitrogens with one attached hydrogen (secondary N) is 1. The first-order valence-corrected chi connectivity index (χ1v) is 10.5. The number of aromatic nitrogens is 2. The summed E-state index contributed by atoms with van der Waals surface area (Å²) >= 11 is 0. The highest BCUT2D eigenvalue weighted by Crippen LogP contribution is 2.32. The fourth-order valence-corrected chi connectivity index (χ4v) is 3.49. The molecule has 1 aliphatic rings. The lowest BCUT2D eigenvalue weighted by molar-refractivity contribution is -0.119. The van der Waals surface area contributed by atoms with Crippen molar-refractivity contribution in [1.29, 1.82) is 5.26 Å². The third kappa shape index (κ3) is 5.31. The van der Waals surface area contributed by atoms with Crippen molar-refractivity contribution in [3.8, 4) is 34.7 Å². The van der Waals surface area contributed by atoms with Crippen LogP contribution >= 0.6 is 0 Å². The van der Waals surface area contributed by atoms with Crippen LogP contribution in [0.5, 0.6) is 5.75 Å². The van der Waals surface area contributed by atoms with Gasteiger partial charge in [0.05, 0.1) is 18.2 Å². The van der Waals surface area contributed by atoms with Gasteiger partial charge in [-0.2, -0.15) is 10.2 Å². The molecule has 2 aromatic carbocycles. The highest BCUT2D eigenvalue weighted by atomic mass is 16.5. The molecule has 0 spiro atoms. The molecule has 0 bridgehead atoms. The zero-order chi connectivity index (χ0) is 23.1. The fraction of sp³-hybridized carbons (Fsp3) is 0.333. The summed E-state index contributed by atoms with van der Waals surface area (Å²) in [6.45, 7) is 3.94. The van der Waals surface area contributed by atoms with Gasteiger partial charge in [-0.1, -0.05) is 23.4 Å². The van der Waals surface area contributed by atoms with Crippen molar-refractivity contribution >= 4 is 5.91 Å². The molecule has 0 saturated heterocycles. The van der Waals surface area contributed by atoms with Crippen LogP contribution in [-0.4, -0.2) is 35.7 Å². The number of aryl methyl sites for hydroxylation is 1. The average molecular weight is 434 g/mol. The summed E-state index contributed by atoms with van der Waals surface area (Å²) in [6, 6.07) is 13.8. The van der Waals surface area contributed by atoms with Crippen LogP contribution in [0.2, 0.25) is 0 Å². The Morgan fingerprint density at radius 1 is 1.31 bits per heavy atom. The number of ether oxygens (including phenoxy) is 1. The maximum Gasteiger partial charge on any atom is 0.258 e. The molecular formula is C24H27N5O3. The molecule has 0 unspecified atom stereocenters. The lowest BCUT2D eigenvalue weighted by Gasteiger charge is -2.11. The molecule has 1 heterocycles. The van der Waals surface area contributed by atoms with E-state index >= 15 is 0 Å². The Balaban J connectivity index is 0.000000427. The van der Waals surface area contributed by atoms with E-state index in [1.54, 1.807) is 19.2 Å². The third-order valence-electron chi connectivity index (χ3n) is 4.99. The van der Waals surface area contributed by atoms with E-state index in [1.807, 2.05) is 32.0 Å². The summed E-state index contributed by atoms with van der Waals surface area (Å²) in [5.41, 5.74) is 9.76. The van der Waals surface area contributed by atoms with Gasteiger partial charge in [0.15, 0.2) is 0 Å². The molecule has 1 aliphatic carbocycles. The number of benzene rings is 2. The molecule has 0 radical (unpaired) electrons. The van der Waals surface area contributed by atoms with Crippen molar-refractivity contribution in [1.82, 2.24) is 15.5 Å². The molecule has 4 rings (SSSR count). The van der Waals surface area contributed by atoms with Crippen LogP contribution in [-0.2, 0) is 17.6 Å². The normalized spacial score (nSPS) is 11.9. The molecule has 1 aromatic heterocycles. The number of hydrogen-bond acceptors (Lipinski definition) is 7. The minimum Gasteiger partial charge on any atom is -0.490 e. The number of nitrogens with zero attached hydrogens (tertiary/aromatic N) is 3. The molecule has 0 saturated carbocycles. The smallest absolute Gasteiger partial charge is 0.258 e. The third-order valence-corrected chi connectivity index (χ3v) is 4.99. The maximum absolute atomic E-state index is 9.94. The first kappa shape index (κ1) is 23.0. The lowest BCUT2D eigenvalue weighted by atomic mass is 10.0. The van der Waals surface area contributed by atoms with Gasteiger partial charge in [-0.25, -0.2) is 0 Å². The van der Waals surface area contributed by atoms with Crippen molar-refractivity contribution < 1.29 is 14.1 Å². The SMILES string of the molecule is CC(C)Oc1ccc(-c2nc(-c3cccc4c3CCC4)no2)cc1C#N.CNC(=O)CN. The molecular weight excluding hydrogens is 406 g/mol. The Labute approximate surface area is 187 Å². The van der Waals surface area contributed by atoms with Gasteiger partial charge >= 0.3 is 0 Å². The van der Waals surface area contributed by atoms with Crippen molar-refractivity contribution in [2.45, 2.75) is 39.2 Å². The summed E-state index contributed by atoms with van der Waals surface area (Å²) in [6.07, 6.45) is 3.33. The minimum absolute atomic E-state index is 0.00290. The van der Waals surface area contributed by atoms with Gasteiger partial charge in [-0.15, -0.1) is 0 Å². The highest BCUT2D eigenvalue weighted by molar-refractivity contribution is 5.77. The van der Waals surface area contributed by atoms with Crippen LogP contribution in [0.15, 0.2) is 40.9 Å². The lowest BCUT2D eigenvalue weighted by Crippen LogP contribution is -2.26. The van der Waals surface area contributed by atoms with E-state index in [-0.39, 0.29) is 18.6 Å². The predicted octanol–water partition coefficient (Wildman–Crippen LogP) is 3.24. The summed E-state index contributed by atoms with van der Waals surface area (Å²) in [4.78, 5) is 14.5. The van der Waals surface area contributed by atoms with Gasteiger partial charge in [0.1, 0.15) is 11.8 Å². The van der Waals surface area contributed by atoms with E-state index in [0.717, 1.165) is 18.4 Å². The molecule has 1 amide bonds. The van der Waals surface area contributed by atoms with Crippen LogP contribution in [0.1, 0.15) is 37.0 Å². The van der Waals surface area contributed by atoms with E-state index in [1.165, 1.54) is 17.5 Å². The molecule has 0 atom stereocenters. The van der Waals surface area contributed by atoms with E-state index < -0.39 is 0 Å². The highest BCUT2D eigenvalue weighted by Gasteiger charge is 2.20. The first-order valence-electron chi connectivity index (χ1n) is 10.5. The van der Waals surface area contributed by atoms with Crippen LogP contribution in [0.25, 0.3) is 22.8 Å². The summed E-state index contributed by atoms with van der Waals surface area (Å²) in [5.74, 6) is 1.44. The monoisotopic (exact) mass is 433 g/mol. The fourth-order valence-electron chi connectivity index (χ4n) is 3.49. The Kier molecular flexibility index (Phi) is 7.58. The van der Waals surface area contributed by atoms with Crippen LogP contribution in [0.3, 0.4) is 0 Å². The Hall–Kier alpha value is -3.70. The van der Waals surface area contributed by atoms with Gasteiger partial charge in [-0.3, -0.25) is 4.79 Å². The van der Waals surface area contributed by atoms with Gasteiger partial charge in [-0.05, 0) is 62.4 Å². The number of fused-ring (bicyclic) bond motifs is 1. The zero-order valence-electron chi connectivity index (χ0n) is 18.5. The Bertz CT molecular complexity index is 1120. The number of hydrogen-bond donors (Lipinski definition) is 2. The molecule has 32 heavy (non-hydrogen) atoms. The zero-order valence-corrected chi connectivity index (χ0v) is 18.5. The second-order valence-corrected chi connectivity index (χ2v) is 7.59. The predicted molar refractivity (Wildman–Crippen MR) is 121 cm³/mol. The average Bonchev–Trinajstić information content (AvgIpc) is 3.48. The Morgan fingerprint density at radius 2 is 2.12 bits per heavy atom. The van der Waals surface area contributed by atoms with Crippen LogP contribution in [0.4, 0.5) is 0 Å². The quantitative estimate of drug-likeness (QED) is 0.632. The molecule has 0 fully saturated rings. The van der Waals surface area contributed by atoms with Crippen molar-refractivity contribution in [2.75, 3.05) is 13.6 Å². The number of nitrogens with two attached hydrogens (primary N) is 1. The van der Waals surface area contributed by atoms with E-state index in [0.29, 0.717) is 28.6 Å². The summed E-state index contributed by atoms with van der Waals surface area (Å²) in [7, 11) is 1.55. The number of rotatable bonds is 5. The van der Waals surface area contributed by atoms with Gasteiger partial charge in [0.2, 0.25) is 11.7 Å². The van der Waals surface area contributed by atoms with Crippen LogP contribution < -0.4 is 15.8 Å². The number of carbonyl (C=O) groups excluding carboxylic acids is 1. The Morgan fingerprint density at radius 3 is 2.78 bits per heavy atom. The van der Waals surface area contributed by atoms with E-state index in [4.69, 9.17) is 15.0 Å². The van der Waals surface area contributed by atoms with Crippen molar-refractivity contribution in [3.63, 3.8) is 0 Å². The summed E-state index contributed by atoms with van der Waals surface area (Å²) in [5, 5.41) is 15.9. The van der Waals surface area contributed by atoms with Crippen LogP contribution in [0, 0.1) is 11.3 Å². The maximum atomic E-state index is 9.94. The van der Waals surface area contributed by atoms with Gasteiger partial charge < -0.3 is 20.3 Å².